The molecule has 0 aliphatic rings. The van der Waals surface area contributed by atoms with Gasteiger partial charge in [0, 0.05) is 12.8 Å². The third-order valence-corrected chi connectivity index (χ3v) is 18.0. The molecule has 0 aliphatic carbocycles. The summed E-state index contributed by atoms with van der Waals surface area (Å²) in [5.74, 6) is -0.0452. The van der Waals surface area contributed by atoms with E-state index in [0.29, 0.717) is 19.4 Å². The molecule has 0 saturated carbocycles. The maximum Gasteiger partial charge on any atom is 0.305 e. The third kappa shape index (κ3) is 69.3. The van der Waals surface area contributed by atoms with Crippen LogP contribution in [0.15, 0.2) is 24.3 Å². The van der Waals surface area contributed by atoms with Gasteiger partial charge in [0.15, 0.2) is 0 Å². The number of hydrogen-bond donors (Lipinski definition) is 3. The highest BCUT2D eigenvalue weighted by Crippen LogP contribution is 2.19. The number of aliphatic hydroxyl groups is 2. The van der Waals surface area contributed by atoms with E-state index >= 15 is 0 Å². The second kappa shape index (κ2) is 72.8. The summed E-state index contributed by atoms with van der Waals surface area (Å²) in [6.45, 7) is 4.96. The number of hydrogen-bond acceptors (Lipinski definition) is 5. The van der Waals surface area contributed by atoms with Gasteiger partial charge in [0.1, 0.15) is 0 Å². The molecular weight excluding hydrogens is 1020 g/mol. The molecule has 0 bridgehead atoms. The topological polar surface area (TPSA) is 95.9 Å². The molecule has 2 unspecified atom stereocenters. The molecule has 0 aromatic rings. The molecule has 6 heteroatoms. The first kappa shape index (κ1) is 81.3. The number of nitrogens with one attached hydrogen (secondary N) is 1. The number of ether oxygens (including phenoxy) is 1. The lowest BCUT2D eigenvalue weighted by Crippen LogP contribution is -2.45. The third-order valence-electron chi connectivity index (χ3n) is 18.0. The molecule has 0 heterocycles. The molecule has 0 aromatic heterocycles. The lowest BCUT2D eigenvalue weighted by Gasteiger charge is -2.20. The van der Waals surface area contributed by atoms with Crippen LogP contribution in [0.4, 0.5) is 0 Å². The Balaban J connectivity index is 3.40. The Kier molecular flexibility index (Phi) is 71.4. The number of carbonyl (C=O) groups excluding carboxylic acids is 2. The average molecular weight is 1170 g/mol. The van der Waals surface area contributed by atoms with Gasteiger partial charge in [0.2, 0.25) is 5.91 Å². The number of rotatable bonds is 72. The number of aliphatic hydroxyl groups excluding tert-OH is 2. The van der Waals surface area contributed by atoms with Crippen molar-refractivity contribution in [1.82, 2.24) is 5.32 Å². The Morgan fingerprint density at radius 3 is 0.855 bits per heavy atom. The summed E-state index contributed by atoms with van der Waals surface area (Å²) in [7, 11) is 0. The monoisotopic (exact) mass is 1170 g/mol. The lowest BCUT2D eigenvalue weighted by molar-refractivity contribution is -0.143. The second-order valence-electron chi connectivity index (χ2n) is 26.3. The predicted molar refractivity (Wildman–Crippen MR) is 366 cm³/mol. The molecule has 0 spiro atoms. The molecule has 2 atom stereocenters. The minimum Gasteiger partial charge on any atom is -0.466 e. The second-order valence-corrected chi connectivity index (χ2v) is 26.3. The summed E-state index contributed by atoms with van der Waals surface area (Å²) in [6, 6.07) is -0.630. The lowest BCUT2D eigenvalue weighted by atomic mass is 10.0. The molecule has 0 saturated heterocycles. The Morgan fingerprint density at radius 1 is 0.325 bits per heavy atom. The smallest absolute Gasteiger partial charge is 0.305 e. The molecule has 83 heavy (non-hydrogen) atoms. The van der Waals surface area contributed by atoms with E-state index in [1.165, 1.54) is 366 Å². The van der Waals surface area contributed by atoms with Crippen LogP contribution in [0.5, 0.6) is 0 Å². The quantitative estimate of drug-likeness (QED) is 0.0320. The van der Waals surface area contributed by atoms with Crippen molar-refractivity contribution in [3.63, 3.8) is 0 Å². The standard InChI is InChI=1S/C77H149NO5/c1-3-5-7-9-11-13-15-17-19-20-21-22-23-29-32-35-38-42-45-49-53-57-61-65-69-75(80)74(73-79)78-76(81)70-66-62-58-54-50-46-43-39-36-33-30-27-25-24-26-28-31-34-37-40-44-48-52-56-60-64-68-72-83-77(82)71-67-63-59-55-51-47-41-18-16-14-12-10-8-6-4-2/h24-25,65,69,74-75,79-80H,3-23,26-64,66-68,70-73H2,1-2H3,(H,78,81)/b25-24-,69-65+. The predicted octanol–water partition coefficient (Wildman–Crippen LogP) is 24.9. The van der Waals surface area contributed by atoms with Gasteiger partial charge in [0.25, 0.3) is 0 Å². The zero-order valence-electron chi connectivity index (χ0n) is 56.5. The molecule has 0 fully saturated rings. The fraction of sp³-hybridized carbons (Fsp3) is 0.922. The summed E-state index contributed by atoms with van der Waals surface area (Å²) in [5, 5.41) is 23.3. The van der Waals surface area contributed by atoms with Gasteiger partial charge in [-0.1, -0.05) is 385 Å². The minimum absolute atomic E-state index is 0.0186. The van der Waals surface area contributed by atoms with E-state index in [9.17, 15) is 19.8 Å². The SMILES string of the molecule is CCCCCCCCCCCCCCCCCCCCCCCC/C=C/C(O)C(CO)NC(=O)CCCCCCCCCCCCC/C=C\CCCCCCCCCCCCCCOC(=O)CCCCCCCCCCCCCCCCC. The van der Waals surface area contributed by atoms with E-state index in [4.69, 9.17) is 4.74 Å². The highest BCUT2D eigenvalue weighted by Gasteiger charge is 2.18. The molecule has 3 N–H and O–H groups in total. The number of unbranched alkanes of at least 4 members (excludes halogenated alkanes) is 59. The minimum atomic E-state index is -0.846. The fourth-order valence-corrected chi connectivity index (χ4v) is 12.2. The van der Waals surface area contributed by atoms with Crippen molar-refractivity contribution in [2.45, 2.75) is 443 Å². The zero-order chi connectivity index (χ0) is 59.9. The van der Waals surface area contributed by atoms with E-state index in [1.54, 1.807) is 6.08 Å². The van der Waals surface area contributed by atoms with Gasteiger partial charge < -0.3 is 20.3 Å². The van der Waals surface area contributed by atoms with Gasteiger partial charge in [0.05, 0.1) is 25.4 Å². The van der Waals surface area contributed by atoms with Crippen LogP contribution >= 0.6 is 0 Å². The zero-order valence-corrected chi connectivity index (χ0v) is 56.5. The summed E-state index contributed by atoms with van der Waals surface area (Å²) in [4.78, 5) is 24.6. The van der Waals surface area contributed by atoms with E-state index in [2.05, 4.69) is 31.3 Å². The molecule has 0 radical (unpaired) electrons. The average Bonchev–Trinajstić information content (AvgIpc) is 3.49. The Labute approximate surface area is 520 Å². The van der Waals surface area contributed by atoms with Crippen molar-refractivity contribution >= 4 is 11.9 Å². The molecular formula is C77H149NO5. The largest absolute Gasteiger partial charge is 0.466 e. The summed E-state index contributed by atoms with van der Waals surface area (Å²) in [6.07, 6.45) is 92.8. The summed E-state index contributed by atoms with van der Waals surface area (Å²) in [5.41, 5.74) is 0. The molecule has 1 amide bonds. The Hall–Kier alpha value is -1.66. The normalized spacial score (nSPS) is 12.6. The van der Waals surface area contributed by atoms with Crippen LogP contribution in [0.25, 0.3) is 0 Å². The number of amides is 1. The molecule has 0 rings (SSSR count). The number of carbonyl (C=O) groups is 2. The Bertz CT molecular complexity index is 1300. The maximum atomic E-state index is 12.5. The highest BCUT2D eigenvalue weighted by molar-refractivity contribution is 5.76. The summed E-state index contributed by atoms with van der Waals surface area (Å²) < 4.78 is 5.50. The van der Waals surface area contributed by atoms with Gasteiger partial charge in [-0.15, -0.1) is 0 Å². The molecule has 0 aromatic carbocycles. The van der Waals surface area contributed by atoms with Crippen LogP contribution < -0.4 is 5.32 Å². The first-order chi connectivity index (χ1) is 41.0. The van der Waals surface area contributed by atoms with Crippen LogP contribution in [0, 0.1) is 0 Å². The van der Waals surface area contributed by atoms with Crippen LogP contribution in [-0.2, 0) is 14.3 Å². The first-order valence-electron chi connectivity index (χ1n) is 38.1. The fourth-order valence-electron chi connectivity index (χ4n) is 12.2. The van der Waals surface area contributed by atoms with E-state index in [-0.39, 0.29) is 18.5 Å². The van der Waals surface area contributed by atoms with Gasteiger partial charge >= 0.3 is 5.97 Å². The van der Waals surface area contributed by atoms with Crippen LogP contribution in [0.2, 0.25) is 0 Å². The number of esters is 1. The van der Waals surface area contributed by atoms with Crippen molar-refractivity contribution in [2.75, 3.05) is 13.2 Å². The first-order valence-corrected chi connectivity index (χ1v) is 38.1. The van der Waals surface area contributed by atoms with Gasteiger partial charge in [-0.25, -0.2) is 0 Å². The number of allylic oxidation sites excluding steroid dienone is 3. The van der Waals surface area contributed by atoms with E-state index in [0.717, 1.165) is 38.5 Å². The van der Waals surface area contributed by atoms with Gasteiger partial charge in [-0.05, 0) is 57.8 Å². The summed E-state index contributed by atoms with van der Waals surface area (Å²) >= 11 is 0. The van der Waals surface area contributed by atoms with E-state index < -0.39 is 12.1 Å². The molecule has 0 aliphatic heterocycles. The van der Waals surface area contributed by atoms with Crippen molar-refractivity contribution in [3.05, 3.63) is 24.3 Å². The van der Waals surface area contributed by atoms with Crippen molar-refractivity contribution in [3.8, 4) is 0 Å². The van der Waals surface area contributed by atoms with Gasteiger partial charge in [-0.3, -0.25) is 9.59 Å². The maximum absolute atomic E-state index is 12.5. The van der Waals surface area contributed by atoms with Crippen LogP contribution in [-0.4, -0.2) is 47.4 Å². The van der Waals surface area contributed by atoms with Crippen molar-refractivity contribution in [2.24, 2.45) is 0 Å². The molecule has 6 nitrogen and oxygen atoms in total. The van der Waals surface area contributed by atoms with Crippen LogP contribution in [0.1, 0.15) is 431 Å². The van der Waals surface area contributed by atoms with Crippen LogP contribution in [0.3, 0.4) is 0 Å². The van der Waals surface area contributed by atoms with Gasteiger partial charge in [-0.2, -0.15) is 0 Å². The Morgan fingerprint density at radius 2 is 0.566 bits per heavy atom. The van der Waals surface area contributed by atoms with Crippen molar-refractivity contribution < 1.29 is 24.5 Å². The van der Waals surface area contributed by atoms with E-state index in [1.807, 2.05) is 6.08 Å². The molecule has 492 valence electrons. The van der Waals surface area contributed by atoms with Crippen molar-refractivity contribution in [1.29, 1.82) is 0 Å². The highest BCUT2D eigenvalue weighted by atomic mass is 16.5.